The monoisotopic (exact) mass is 303 g/mol. The molecule has 2 heterocycles. The average molecular weight is 304 g/mol. The zero-order valence-electron chi connectivity index (χ0n) is 10.8. The molecule has 1 N–H and O–H groups in total. The van der Waals surface area contributed by atoms with E-state index in [1.807, 2.05) is 4.90 Å². The van der Waals surface area contributed by atoms with Gasteiger partial charge in [-0.15, -0.1) is 5.10 Å². The molecule has 1 saturated heterocycles. The van der Waals surface area contributed by atoms with E-state index in [9.17, 15) is 4.79 Å². The Hall–Kier alpha value is -2.59. The number of hydrogen-bond acceptors (Lipinski definition) is 5. The van der Waals surface area contributed by atoms with Gasteiger partial charge in [0.2, 0.25) is 0 Å². The van der Waals surface area contributed by atoms with Crippen LogP contribution >= 0.6 is 11.6 Å². The summed E-state index contributed by atoms with van der Waals surface area (Å²) >= 11 is 5.96. The second kappa shape index (κ2) is 5.07. The molecule has 7 nitrogen and oxygen atoms in total. The number of aromatic nitrogens is 3. The molecule has 0 spiro atoms. The molecule has 21 heavy (non-hydrogen) atoms. The molecule has 0 atom stereocenters. The number of anilines is 1. The summed E-state index contributed by atoms with van der Waals surface area (Å²) in [7, 11) is 0. The molecular formula is C13H10ClN5O2. The minimum atomic E-state index is -1.10. The van der Waals surface area contributed by atoms with Crippen LogP contribution in [0.25, 0.3) is 0 Å². The van der Waals surface area contributed by atoms with Crippen LogP contribution in [0.1, 0.15) is 22.1 Å². The highest BCUT2D eigenvalue weighted by Gasteiger charge is 2.31. The van der Waals surface area contributed by atoms with Gasteiger partial charge in [-0.25, -0.2) is 9.48 Å². The Kier molecular flexibility index (Phi) is 3.23. The minimum absolute atomic E-state index is 0.0381. The molecule has 0 amide bonds. The highest BCUT2D eigenvalue weighted by molar-refractivity contribution is 6.30. The number of nitrogens with zero attached hydrogens (tertiary/aromatic N) is 5. The summed E-state index contributed by atoms with van der Waals surface area (Å²) in [4.78, 5) is 12.8. The van der Waals surface area contributed by atoms with Crippen molar-refractivity contribution < 1.29 is 9.90 Å². The van der Waals surface area contributed by atoms with Crippen molar-refractivity contribution >= 4 is 23.3 Å². The minimum Gasteiger partial charge on any atom is -0.476 e. The summed E-state index contributed by atoms with van der Waals surface area (Å²) in [5.74, 6) is -1.10. The number of benzene rings is 1. The quantitative estimate of drug-likeness (QED) is 0.924. The van der Waals surface area contributed by atoms with Crippen molar-refractivity contribution in [2.75, 3.05) is 18.0 Å². The van der Waals surface area contributed by atoms with E-state index >= 15 is 0 Å². The molecular weight excluding hydrogens is 294 g/mol. The maximum absolute atomic E-state index is 10.8. The third kappa shape index (κ3) is 2.41. The van der Waals surface area contributed by atoms with Crippen LogP contribution in [-0.2, 0) is 0 Å². The van der Waals surface area contributed by atoms with E-state index in [1.54, 1.807) is 18.2 Å². The van der Waals surface area contributed by atoms with Crippen LogP contribution in [0.2, 0.25) is 5.02 Å². The van der Waals surface area contributed by atoms with Gasteiger partial charge in [-0.2, -0.15) is 5.26 Å². The number of carboxylic acid groups (broad SMARTS) is 1. The fourth-order valence-corrected chi connectivity index (χ4v) is 2.40. The summed E-state index contributed by atoms with van der Waals surface area (Å²) in [5.41, 5.74) is 1.26. The Morgan fingerprint density at radius 2 is 2.24 bits per heavy atom. The molecule has 8 heteroatoms. The third-order valence-corrected chi connectivity index (χ3v) is 3.62. The topological polar surface area (TPSA) is 95.0 Å². The maximum Gasteiger partial charge on any atom is 0.358 e. The first-order valence-electron chi connectivity index (χ1n) is 6.18. The Bertz CT molecular complexity index is 745. The van der Waals surface area contributed by atoms with E-state index in [1.165, 1.54) is 10.9 Å². The SMILES string of the molecule is N#Cc1ccc(Cl)cc1N1CC(n2cc(C(=O)O)nn2)C1. The lowest BCUT2D eigenvalue weighted by Gasteiger charge is -2.41. The second-order valence-corrected chi connectivity index (χ2v) is 5.16. The van der Waals surface area contributed by atoms with Gasteiger partial charge in [0.25, 0.3) is 0 Å². The normalized spacial score (nSPS) is 14.6. The summed E-state index contributed by atoms with van der Waals surface area (Å²) in [5, 5.41) is 25.9. The van der Waals surface area contributed by atoms with Crippen molar-refractivity contribution in [3.8, 4) is 6.07 Å². The molecule has 0 bridgehead atoms. The number of carboxylic acids is 1. The average Bonchev–Trinajstić information content (AvgIpc) is 2.87. The highest BCUT2D eigenvalue weighted by atomic mass is 35.5. The summed E-state index contributed by atoms with van der Waals surface area (Å²) < 4.78 is 1.54. The zero-order valence-corrected chi connectivity index (χ0v) is 11.5. The van der Waals surface area contributed by atoms with Crippen LogP contribution < -0.4 is 4.90 Å². The van der Waals surface area contributed by atoms with Crippen LogP contribution in [0.3, 0.4) is 0 Å². The van der Waals surface area contributed by atoms with Crippen molar-refractivity contribution in [2.24, 2.45) is 0 Å². The molecule has 0 aliphatic carbocycles. The predicted octanol–water partition coefficient (Wildman–Crippen LogP) is 1.56. The standard InChI is InChI=1S/C13H10ClN5O2/c14-9-2-1-8(4-15)12(3-9)18-5-10(6-18)19-7-11(13(20)21)16-17-19/h1-3,7,10H,5-6H2,(H,20,21). The van der Waals surface area contributed by atoms with Gasteiger partial charge in [0.1, 0.15) is 6.07 Å². The van der Waals surface area contributed by atoms with Gasteiger partial charge in [0.05, 0.1) is 23.5 Å². The molecule has 3 rings (SSSR count). The van der Waals surface area contributed by atoms with E-state index in [0.29, 0.717) is 23.7 Å². The first-order valence-corrected chi connectivity index (χ1v) is 6.56. The van der Waals surface area contributed by atoms with Gasteiger partial charge < -0.3 is 10.0 Å². The number of aromatic carboxylic acids is 1. The lowest BCUT2D eigenvalue weighted by atomic mass is 10.1. The molecule has 1 aromatic carbocycles. The van der Waals surface area contributed by atoms with Crippen molar-refractivity contribution in [3.63, 3.8) is 0 Å². The Morgan fingerprint density at radius 1 is 1.48 bits per heavy atom. The molecule has 1 aliphatic heterocycles. The summed E-state index contributed by atoms with van der Waals surface area (Å²) in [6.45, 7) is 1.24. The number of hydrogen-bond donors (Lipinski definition) is 1. The number of rotatable bonds is 3. The van der Waals surface area contributed by atoms with Gasteiger partial charge in [-0.1, -0.05) is 16.8 Å². The number of halogens is 1. The zero-order chi connectivity index (χ0) is 15.0. The van der Waals surface area contributed by atoms with Gasteiger partial charge in [0.15, 0.2) is 5.69 Å². The van der Waals surface area contributed by atoms with E-state index < -0.39 is 5.97 Å². The first-order chi connectivity index (χ1) is 10.1. The predicted molar refractivity (Wildman–Crippen MR) is 74.4 cm³/mol. The number of nitriles is 1. The molecule has 1 fully saturated rings. The first kappa shape index (κ1) is 13.4. The van der Waals surface area contributed by atoms with Gasteiger partial charge >= 0.3 is 5.97 Å². The molecule has 0 radical (unpaired) electrons. The van der Waals surface area contributed by atoms with E-state index in [4.69, 9.17) is 22.0 Å². The smallest absolute Gasteiger partial charge is 0.358 e. The van der Waals surface area contributed by atoms with Crippen LogP contribution in [0.4, 0.5) is 5.69 Å². The highest BCUT2D eigenvalue weighted by Crippen LogP contribution is 2.31. The molecule has 0 unspecified atom stereocenters. The molecule has 1 aromatic heterocycles. The molecule has 2 aromatic rings. The van der Waals surface area contributed by atoms with Crippen LogP contribution in [0.5, 0.6) is 0 Å². The largest absolute Gasteiger partial charge is 0.476 e. The second-order valence-electron chi connectivity index (χ2n) is 4.72. The van der Waals surface area contributed by atoms with Gasteiger partial charge in [0, 0.05) is 18.1 Å². The van der Waals surface area contributed by atoms with Crippen molar-refractivity contribution in [3.05, 3.63) is 40.7 Å². The number of carbonyl (C=O) groups is 1. The van der Waals surface area contributed by atoms with Crippen molar-refractivity contribution in [1.29, 1.82) is 5.26 Å². The van der Waals surface area contributed by atoms with Crippen molar-refractivity contribution in [1.82, 2.24) is 15.0 Å². The molecule has 106 valence electrons. The van der Waals surface area contributed by atoms with Gasteiger partial charge in [-0.3, -0.25) is 0 Å². The third-order valence-electron chi connectivity index (χ3n) is 3.39. The summed E-state index contributed by atoms with van der Waals surface area (Å²) in [6.07, 6.45) is 1.41. The van der Waals surface area contributed by atoms with Crippen LogP contribution in [0.15, 0.2) is 24.4 Å². The lowest BCUT2D eigenvalue weighted by Crippen LogP contribution is -2.48. The Morgan fingerprint density at radius 3 is 2.86 bits per heavy atom. The van der Waals surface area contributed by atoms with E-state index in [2.05, 4.69) is 16.4 Å². The van der Waals surface area contributed by atoms with Crippen molar-refractivity contribution in [2.45, 2.75) is 6.04 Å². The van der Waals surface area contributed by atoms with E-state index in [0.717, 1.165) is 5.69 Å². The Balaban J connectivity index is 1.75. The van der Waals surface area contributed by atoms with E-state index in [-0.39, 0.29) is 11.7 Å². The molecule has 0 saturated carbocycles. The fraction of sp³-hybridized carbons (Fsp3) is 0.231. The summed E-state index contributed by atoms with van der Waals surface area (Å²) in [6, 6.07) is 7.28. The molecule has 1 aliphatic rings. The lowest BCUT2D eigenvalue weighted by molar-refractivity contribution is 0.0690. The Labute approximate surface area is 125 Å². The maximum atomic E-state index is 10.8. The van der Waals surface area contributed by atoms with Gasteiger partial charge in [-0.05, 0) is 18.2 Å². The fourth-order valence-electron chi connectivity index (χ4n) is 2.23. The van der Waals surface area contributed by atoms with Crippen LogP contribution in [-0.4, -0.2) is 39.2 Å². The van der Waals surface area contributed by atoms with Crippen LogP contribution in [0, 0.1) is 11.3 Å².